The number of furan rings is 1. The van der Waals surface area contributed by atoms with Crippen LogP contribution in [-0.4, -0.2) is 27.7 Å². The van der Waals surface area contributed by atoms with Crippen LogP contribution in [-0.2, 0) is 24.3 Å². The summed E-state index contributed by atoms with van der Waals surface area (Å²) in [5.74, 6) is 1.29. The first-order chi connectivity index (χ1) is 17.3. The average Bonchev–Trinajstić information content (AvgIpc) is 3.03. The first kappa shape index (κ1) is 23.7. The molecule has 36 heavy (non-hydrogen) atoms. The predicted molar refractivity (Wildman–Crippen MR) is 138 cm³/mol. The second kappa shape index (κ2) is 9.57. The fourth-order valence-electron chi connectivity index (χ4n) is 4.43. The molecule has 0 aliphatic carbocycles. The SMILES string of the molecule is CC(C)(C)OC(=O)N1CCCc2c(oc3ccc(-n4ccc(OCc5ccccc5)cc4=O)cc23)C1. The van der Waals surface area contributed by atoms with Crippen LogP contribution in [0.25, 0.3) is 16.7 Å². The molecule has 2 aromatic carbocycles. The highest BCUT2D eigenvalue weighted by Gasteiger charge is 2.27. The van der Waals surface area contributed by atoms with E-state index in [1.54, 1.807) is 21.7 Å². The molecule has 0 fully saturated rings. The third kappa shape index (κ3) is 5.15. The molecule has 0 radical (unpaired) electrons. The van der Waals surface area contributed by atoms with Crippen LogP contribution in [0.5, 0.6) is 5.75 Å². The zero-order chi connectivity index (χ0) is 25.3. The van der Waals surface area contributed by atoms with Gasteiger partial charge in [0.1, 0.15) is 29.3 Å². The fraction of sp³-hybridized carbons (Fsp3) is 0.310. The minimum Gasteiger partial charge on any atom is -0.489 e. The van der Waals surface area contributed by atoms with Crippen molar-refractivity contribution < 1.29 is 18.7 Å². The Bertz CT molecular complexity index is 1450. The number of nitrogens with zero attached hydrogens (tertiary/aromatic N) is 2. The maximum atomic E-state index is 12.9. The Kier molecular flexibility index (Phi) is 6.31. The van der Waals surface area contributed by atoms with Crippen LogP contribution in [0.4, 0.5) is 4.79 Å². The summed E-state index contributed by atoms with van der Waals surface area (Å²) in [6, 6.07) is 18.9. The van der Waals surface area contributed by atoms with E-state index in [9.17, 15) is 9.59 Å². The molecule has 0 bridgehead atoms. The lowest BCUT2D eigenvalue weighted by Crippen LogP contribution is -2.36. The summed E-state index contributed by atoms with van der Waals surface area (Å²) >= 11 is 0. The highest BCUT2D eigenvalue weighted by Crippen LogP contribution is 2.32. The van der Waals surface area contributed by atoms with Crippen molar-refractivity contribution in [3.63, 3.8) is 0 Å². The minimum absolute atomic E-state index is 0.175. The highest BCUT2D eigenvalue weighted by atomic mass is 16.6. The van der Waals surface area contributed by atoms with E-state index < -0.39 is 5.60 Å². The fourth-order valence-corrected chi connectivity index (χ4v) is 4.43. The Labute approximate surface area is 209 Å². The first-order valence-electron chi connectivity index (χ1n) is 12.2. The Hall–Kier alpha value is -4.00. The smallest absolute Gasteiger partial charge is 0.410 e. The Morgan fingerprint density at radius 2 is 1.86 bits per heavy atom. The molecule has 4 aromatic rings. The van der Waals surface area contributed by atoms with E-state index in [1.807, 2.05) is 69.3 Å². The second-order valence-electron chi connectivity index (χ2n) is 10.0. The summed E-state index contributed by atoms with van der Waals surface area (Å²) in [4.78, 5) is 27.2. The van der Waals surface area contributed by atoms with Gasteiger partial charge in [0.25, 0.3) is 5.56 Å². The molecule has 0 saturated heterocycles. The number of carbonyl (C=O) groups is 1. The first-order valence-corrected chi connectivity index (χ1v) is 12.2. The summed E-state index contributed by atoms with van der Waals surface area (Å²) in [6.45, 7) is 6.95. The molecular weight excluding hydrogens is 456 g/mol. The van der Waals surface area contributed by atoms with Crippen LogP contribution in [0.2, 0.25) is 0 Å². The lowest BCUT2D eigenvalue weighted by atomic mass is 10.1. The van der Waals surface area contributed by atoms with Gasteiger partial charge in [0.15, 0.2) is 0 Å². The van der Waals surface area contributed by atoms with Gasteiger partial charge < -0.3 is 18.8 Å². The largest absolute Gasteiger partial charge is 0.489 e. The Morgan fingerprint density at radius 3 is 2.61 bits per heavy atom. The quantitative estimate of drug-likeness (QED) is 0.362. The van der Waals surface area contributed by atoms with Gasteiger partial charge in [0.2, 0.25) is 0 Å². The monoisotopic (exact) mass is 486 g/mol. The Balaban J connectivity index is 1.38. The predicted octanol–water partition coefficient (Wildman–Crippen LogP) is 5.85. The number of fused-ring (bicyclic) bond motifs is 3. The van der Waals surface area contributed by atoms with Crippen molar-refractivity contribution in [1.29, 1.82) is 0 Å². The second-order valence-corrected chi connectivity index (χ2v) is 10.0. The van der Waals surface area contributed by atoms with Crippen LogP contribution < -0.4 is 10.3 Å². The number of amides is 1. The lowest BCUT2D eigenvalue weighted by molar-refractivity contribution is 0.0226. The van der Waals surface area contributed by atoms with E-state index in [2.05, 4.69) is 0 Å². The van der Waals surface area contributed by atoms with Gasteiger partial charge in [-0.25, -0.2) is 4.79 Å². The van der Waals surface area contributed by atoms with E-state index in [0.29, 0.717) is 25.4 Å². The summed E-state index contributed by atoms with van der Waals surface area (Å²) in [5, 5.41) is 0.963. The van der Waals surface area contributed by atoms with Crippen molar-refractivity contribution in [2.24, 2.45) is 0 Å². The van der Waals surface area contributed by atoms with Crippen LogP contribution >= 0.6 is 0 Å². The van der Waals surface area contributed by atoms with Crippen molar-refractivity contribution >= 4 is 17.1 Å². The molecule has 2 aromatic heterocycles. The van der Waals surface area contributed by atoms with Crippen LogP contribution in [0.1, 0.15) is 44.1 Å². The van der Waals surface area contributed by atoms with Gasteiger partial charge in [-0.15, -0.1) is 0 Å². The maximum Gasteiger partial charge on any atom is 0.410 e. The number of pyridine rings is 1. The summed E-state index contributed by atoms with van der Waals surface area (Å²) < 4.78 is 19.1. The van der Waals surface area contributed by atoms with Crippen molar-refractivity contribution in [1.82, 2.24) is 9.47 Å². The maximum absolute atomic E-state index is 12.9. The molecule has 0 spiro atoms. The van der Waals surface area contributed by atoms with Gasteiger partial charge in [-0.05, 0) is 63.4 Å². The van der Waals surface area contributed by atoms with Gasteiger partial charge in [0, 0.05) is 35.4 Å². The number of hydrogen-bond donors (Lipinski definition) is 0. The number of benzene rings is 2. The average molecular weight is 487 g/mol. The topological polar surface area (TPSA) is 73.9 Å². The molecule has 1 aliphatic rings. The normalized spacial score (nSPS) is 13.8. The van der Waals surface area contributed by atoms with Crippen molar-refractivity contribution in [3.8, 4) is 11.4 Å². The summed E-state index contributed by atoms with van der Waals surface area (Å²) in [5.41, 5.74) is 2.88. The molecule has 7 heteroatoms. The highest BCUT2D eigenvalue weighted by molar-refractivity contribution is 5.84. The zero-order valence-electron chi connectivity index (χ0n) is 20.8. The molecule has 3 heterocycles. The molecule has 0 atom stereocenters. The standard InChI is InChI=1S/C29H30N2O5/c1-29(2,3)36-28(33)30-14-7-10-23-24-16-21(11-12-25(24)35-26(23)18-30)31-15-13-22(17-27(31)32)34-19-20-8-5-4-6-9-20/h4-6,8-9,11-13,15-17H,7,10,14,18-19H2,1-3H3. The number of aryl methyl sites for hydroxylation is 1. The molecule has 0 saturated carbocycles. The van der Waals surface area contributed by atoms with E-state index in [4.69, 9.17) is 13.9 Å². The van der Waals surface area contributed by atoms with E-state index in [1.165, 1.54) is 6.07 Å². The van der Waals surface area contributed by atoms with Crippen molar-refractivity contribution in [2.45, 2.75) is 52.4 Å². The number of carbonyl (C=O) groups excluding carboxylic acids is 1. The molecule has 7 nitrogen and oxygen atoms in total. The lowest BCUT2D eigenvalue weighted by Gasteiger charge is -2.26. The number of aromatic nitrogens is 1. The minimum atomic E-state index is -0.551. The van der Waals surface area contributed by atoms with Gasteiger partial charge in [0.05, 0.1) is 6.54 Å². The molecular formula is C29H30N2O5. The van der Waals surface area contributed by atoms with E-state index in [0.717, 1.165) is 46.4 Å². The third-order valence-electron chi connectivity index (χ3n) is 6.12. The third-order valence-corrected chi connectivity index (χ3v) is 6.12. The summed E-state index contributed by atoms with van der Waals surface area (Å²) in [6.07, 6.45) is 2.98. The zero-order valence-corrected chi connectivity index (χ0v) is 20.8. The molecule has 5 rings (SSSR count). The number of ether oxygens (including phenoxy) is 2. The van der Waals surface area contributed by atoms with E-state index >= 15 is 0 Å². The van der Waals surface area contributed by atoms with Crippen LogP contribution in [0, 0.1) is 0 Å². The molecule has 0 N–H and O–H groups in total. The molecule has 0 unspecified atom stereocenters. The van der Waals surface area contributed by atoms with Crippen LogP contribution in [0.15, 0.2) is 76.1 Å². The molecule has 1 aliphatic heterocycles. The molecule has 1 amide bonds. The van der Waals surface area contributed by atoms with Gasteiger partial charge in [-0.3, -0.25) is 9.36 Å². The number of rotatable bonds is 4. The van der Waals surface area contributed by atoms with Crippen LogP contribution in [0.3, 0.4) is 0 Å². The van der Waals surface area contributed by atoms with E-state index in [-0.39, 0.29) is 11.7 Å². The summed E-state index contributed by atoms with van der Waals surface area (Å²) in [7, 11) is 0. The van der Waals surface area contributed by atoms with Crippen molar-refractivity contribution in [3.05, 3.63) is 94.1 Å². The Morgan fingerprint density at radius 1 is 1.06 bits per heavy atom. The van der Waals surface area contributed by atoms with Gasteiger partial charge in [-0.1, -0.05) is 30.3 Å². The van der Waals surface area contributed by atoms with Gasteiger partial charge in [-0.2, -0.15) is 0 Å². The number of hydrogen-bond acceptors (Lipinski definition) is 5. The van der Waals surface area contributed by atoms with Crippen molar-refractivity contribution in [2.75, 3.05) is 6.54 Å². The molecule has 186 valence electrons. The van der Waals surface area contributed by atoms with Gasteiger partial charge >= 0.3 is 6.09 Å².